The van der Waals surface area contributed by atoms with Crippen LogP contribution in [-0.2, 0) is 4.79 Å². The number of aromatic nitrogens is 1. The largest absolute Gasteiger partial charge is 0.348 e. The van der Waals surface area contributed by atoms with Crippen LogP contribution in [0, 0.1) is 0 Å². The van der Waals surface area contributed by atoms with Gasteiger partial charge in [0.1, 0.15) is 5.54 Å². The van der Waals surface area contributed by atoms with E-state index in [2.05, 4.69) is 28.2 Å². The maximum absolute atomic E-state index is 13.4. The summed E-state index contributed by atoms with van der Waals surface area (Å²) in [5, 5.41) is 3.37. The number of nitrogens with zero attached hydrogens (tertiary/aromatic N) is 2. The summed E-state index contributed by atoms with van der Waals surface area (Å²) in [5.41, 5.74) is 0.840. The van der Waals surface area contributed by atoms with Gasteiger partial charge in [-0.25, -0.2) is 0 Å². The molecule has 3 rings (SSSR count). The van der Waals surface area contributed by atoms with Gasteiger partial charge in [0.2, 0.25) is 5.91 Å². The van der Waals surface area contributed by atoms with Crippen molar-refractivity contribution in [1.29, 1.82) is 0 Å². The predicted molar refractivity (Wildman–Crippen MR) is 96.7 cm³/mol. The number of carbonyl (C=O) groups excluding carboxylic acids is 1. The number of nitrogens with one attached hydrogen (secondary N) is 1. The molecule has 1 aliphatic carbocycles. The van der Waals surface area contributed by atoms with Gasteiger partial charge in [-0.15, -0.1) is 0 Å². The summed E-state index contributed by atoms with van der Waals surface area (Å²) in [7, 11) is 0. The molecule has 4 heteroatoms. The third-order valence-electron chi connectivity index (χ3n) is 5.87. The van der Waals surface area contributed by atoms with Gasteiger partial charge in [0.05, 0.1) is 6.04 Å². The summed E-state index contributed by atoms with van der Waals surface area (Å²) in [5.74, 6) is 0.250. The number of hydrogen-bond acceptors (Lipinski definition) is 3. The average molecular weight is 329 g/mol. The van der Waals surface area contributed by atoms with Crippen LogP contribution in [-0.4, -0.2) is 34.4 Å². The van der Waals surface area contributed by atoms with E-state index in [4.69, 9.17) is 0 Å². The molecule has 1 amide bonds. The van der Waals surface area contributed by atoms with Crippen molar-refractivity contribution in [3.63, 3.8) is 0 Å². The average Bonchev–Trinajstić information content (AvgIpc) is 2.67. The molecule has 1 aromatic heterocycles. The predicted octanol–water partition coefficient (Wildman–Crippen LogP) is 3.84. The van der Waals surface area contributed by atoms with E-state index >= 15 is 0 Å². The van der Waals surface area contributed by atoms with Crippen molar-refractivity contribution >= 4 is 5.91 Å². The maximum Gasteiger partial charge on any atom is 0.241 e. The molecule has 2 fully saturated rings. The first-order chi connectivity index (χ1) is 11.8. The van der Waals surface area contributed by atoms with Crippen LogP contribution in [0.15, 0.2) is 24.5 Å². The minimum Gasteiger partial charge on any atom is -0.348 e. The summed E-state index contributed by atoms with van der Waals surface area (Å²) >= 11 is 0. The molecule has 132 valence electrons. The van der Waals surface area contributed by atoms with Crippen molar-refractivity contribution in [2.75, 3.05) is 13.1 Å². The lowest BCUT2D eigenvalue weighted by Crippen LogP contribution is -2.61. The van der Waals surface area contributed by atoms with Crippen LogP contribution in [0.25, 0.3) is 0 Å². The molecule has 1 saturated heterocycles. The van der Waals surface area contributed by atoms with Gasteiger partial charge >= 0.3 is 0 Å². The lowest BCUT2D eigenvalue weighted by molar-refractivity contribution is -0.138. The molecular formula is C20H31N3O. The van der Waals surface area contributed by atoms with E-state index in [1.165, 1.54) is 38.5 Å². The molecule has 1 aromatic rings. The van der Waals surface area contributed by atoms with Crippen LogP contribution in [0.3, 0.4) is 0 Å². The fraction of sp³-hybridized carbons (Fsp3) is 0.700. The minimum absolute atomic E-state index is 0.0646. The molecule has 1 aliphatic heterocycles. The molecule has 1 atom stereocenters. The fourth-order valence-electron chi connectivity index (χ4n) is 4.44. The van der Waals surface area contributed by atoms with Crippen molar-refractivity contribution in [3.05, 3.63) is 30.1 Å². The topological polar surface area (TPSA) is 45.2 Å². The Hall–Kier alpha value is -1.42. The molecule has 0 aromatic carbocycles. The van der Waals surface area contributed by atoms with Crippen LogP contribution in [0.5, 0.6) is 0 Å². The van der Waals surface area contributed by atoms with Crippen molar-refractivity contribution in [1.82, 2.24) is 15.2 Å². The summed E-state index contributed by atoms with van der Waals surface area (Å²) < 4.78 is 0. The molecule has 1 N–H and O–H groups in total. The second kappa shape index (κ2) is 8.11. The number of rotatable bonds is 5. The Balaban J connectivity index is 1.77. The highest BCUT2D eigenvalue weighted by atomic mass is 16.2. The molecule has 2 aliphatic rings. The van der Waals surface area contributed by atoms with Gasteiger partial charge in [-0.3, -0.25) is 14.7 Å². The van der Waals surface area contributed by atoms with E-state index in [-0.39, 0.29) is 17.5 Å². The Labute approximate surface area is 146 Å². The van der Waals surface area contributed by atoms with Crippen molar-refractivity contribution in [2.24, 2.45) is 0 Å². The van der Waals surface area contributed by atoms with Crippen LogP contribution in [0.4, 0.5) is 0 Å². The van der Waals surface area contributed by atoms with Crippen LogP contribution < -0.4 is 5.32 Å². The van der Waals surface area contributed by atoms with Gasteiger partial charge in [0.25, 0.3) is 0 Å². The summed E-state index contributed by atoms with van der Waals surface area (Å²) in [6.07, 6.45) is 14.0. The third kappa shape index (κ3) is 3.64. The molecule has 1 saturated carbocycles. The van der Waals surface area contributed by atoms with Gasteiger partial charge < -0.3 is 5.32 Å². The molecular weight excluding hydrogens is 298 g/mol. The number of pyridine rings is 1. The van der Waals surface area contributed by atoms with Crippen LogP contribution >= 0.6 is 0 Å². The van der Waals surface area contributed by atoms with Gasteiger partial charge in [-0.2, -0.15) is 0 Å². The number of carbonyl (C=O) groups is 1. The quantitative estimate of drug-likeness (QED) is 0.893. The van der Waals surface area contributed by atoms with Crippen molar-refractivity contribution in [3.8, 4) is 0 Å². The highest BCUT2D eigenvalue weighted by Gasteiger charge is 2.45. The monoisotopic (exact) mass is 329 g/mol. The van der Waals surface area contributed by atoms with Gasteiger partial charge in [-0.1, -0.05) is 38.7 Å². The second-order valence-corrected chi connectivity index (χ2v) is 7.36. The van der Waals surface area contributed by atoms with Crippen molar-refractivity contribution < 1.29 is 4.79 Å². The molecule has 0 radical (unpaired) electrons. The van der Waals surface area contributed by atoms with E-state index in [0.29, 0.717) is 0 Å². The van der Waals surface area contributed by atoms with E-state index in [1.54, 1.807) is 6.20 Å². The lowest BCUT2D eigenvalue weighted by Gasteiger charge is -2.47. The number of likely N-dealkylation sites (tertiary alicyclic amines) is 1. The zero-order chi connectivity index (χ0) is 16.8. The standard InChI is InChI=1S/C20H31N3O/c1-2-18(17-10-9-13-21-16-17)22-19(24)20(11-5-3-6-12-20)23-14-7-4-8-15-23/h9-10,13,16,18H,2-8,11-12,14-15H2,1H3,(H,22,24)/t18-/m1/s1. The number of amides is 1. The number of piperidine rings is 1. The minimum atomic E-state index is -0.270. The van der Waals surface area contributed by atoms with Gasteiger partial charge in [-0.05, 0) is 56.8 Å². The fourth-order valence-corrected chi connectivity index (χ4v) is 4.44. The van der Waals surface area contributed by atoms with E-state index in [9.17, 15) is 4.79 Å². The van der Waals surface area contributed by atoms with Gasteiger partial charge in [0.15, 0.2) is 0 Å². The zero-order valence-electron chi connectivity index (χ0n) is 15.0. The molecule has 2 heterocycles. The molecule has 0 unspecified atom stereocenters. The zero-order valence-corrected chi connectivity index (χ0v) is 15.0. The lowest BCUT2D eigenvalue weighted by atomic mass is 9.78. The highest BCUT2D eigenvalue weighted by Crippen LogP contribution is 2.36. The Morgan fingerprint density at radius 2 is 1.92 bits per heavy atom. The molecule has 0 bridgehead atoms. The number of hydrogen-bond donors (Lipinski definition) is 1. The van der Waals surface area contributed by atoms with E-state index in [0.717, 1.165) is 37.9 Å². The van der Waals surface area contributed by atoms with Gasteiger partial charge in [0, 0.05) is 12.4 Å². The Kier molecular flexibility index (Phi) is 5.88. The van der Waals surface area contributed by atoms with E-state index in [1.807, 2.05) is 12.3 Å². The maximum atomic E-state index is 13.4. The molecule has 4 nitrogen and oxygen atoms in total. The summed E-state index contributed by atoms with van der Waals surface area (Å²) in [6, 6.07) is 4.08. The highest BCUT2D eigenvalue weighted by molar-refractivity contribution is 5.86. The Bertz CT molecular complexity index is 519. The Morgan fingerprint density at radius 1 is 1.21 bits per heavy atom. The van der Waals surface area contributed by atoms with Crippen LogP contribution in [0.1, 0.15) is 76.3 Å². The van der Waals surface area contributed by atoms with Crippen LogP contribution in [0.2, 0.25) is 0 Å². The summed E-state index contributed by atoms with van der Waals surface area (Å²) in [6.45, 7) is 4.29. The third-order valence-corrected chi connectivity index (χ3v) is 5.87. The second-order valence-electron chi connectivity index (χ2n) is 7.36. The van der Waals surface area contributed by atoms with E-state index < -0.39 is 0 Å². The smallest absolute Gasteiger partial charge is 0.241 e. The first kappa shape index (κ1) is 17.4. The first-order valence-electron chi connectivity index (χ1n) is 9.72. The SMILES string of the molecule is CC[C@@H](NC(=O)C1(N2CCCCC2)CCCCC1)c1cccnc1. The first-order valence-corrected chi connectivity index (χ1v) is 9.72. The summed E-state index contributed by atoms with van der Waals surface area (Å²) in [4.78, 5) is 20.1. The Morgan fingerprint density at radius 3 is 2.54 bits per heavy atom. The normalized spacial score (nSPS) is 22.7. The van der Waals surface area contributed by atoms with Crippen molar-refractivity contribution in [2.45, 2.75) is 76.3 Å². The molecule has 24 heavy (non-hydrogen) atoms. The molecule has 0 spiro atoms.